The zero-order valence-corrected chi connectivity index (χ0v) is 21.4. The summed E-state index contributed by atoms with van der Waals surface area (Å²) in [5.74, 6) is 0. The van der Waals surface area contributed by atoms with Crippen LogP contribution in [0.2, 0.25) is 0 Å². The van der Waals surface area contributed by atoms with Crippen molar-refractivity contribution in [2.45, 2.75) is 6.92 Å². The molecular formula is C33H23BrN2. The first-order valence-electron chi connectivity index (χ1n) is 11.9. The van der Waals surface area contributed by atoms with Crippen LogP contribution in [-0.4, -0.2) is 9.97 Å². The molecule has 0 fully saturated rings. The van der Waals surface area contributed by atoms with Crippen molar-refractivity contribution in [2.75, 3.05) is 0 Å². The smallest absolute Gasteiger partial charge is 0.0971 e. The number of aromatic nitrogens is 2. The second-order valence-corrected chi connectivity index (χ2v) is 9.87. The van der Waals surface area contributed by atoms with Gasteiger partial charge in [0.2, 0.25) is 0 Å². The molecule has 36 heavy (non-hydrogen) atoms. The lowest BCUT2D eigenvalue weighted by Crippen LogP contribution is -1.92. The number of benzene rings is 5. The second kappa shape index (κ2) is 9.52. The van der Waals surface area contributed by atoms with E-state index in [1.165, 1.54) is 27.8 Å². The van der Waals surface area contributed by atoms with Crippen LogP contribution >= 0.6 is 15.9 Å². The molecule has 0 atom stereocenters. The van der Waals surface area contributed by atoms with Gasteiger partial charge in [-0.3, -0.25) is 9.97 Å². The molecule has 0 saturated carbocycles. The maximum atomic E-state index is 4.81. The van der Waals surface area contributed by atoms with E-state index in [0.717, 1.165) is 37.8 Å². The summed E-state index contributed by atoms with van der Waals surface area (Å²) in [7, 11) is 0. The van der Waals surface area contributed by atoms with Gasteiger partial charge < -0.3 is 0 Å². The van der Waals surface area contributed by atoms with E-state index in [4.69, 9.17) is 9.97 Å². The number of halogens is 1. The standard InChI is InChI=1S/C33H23BrN2/c1-22-10-12-24(13-11-22)27-18-26(23-6-3-2-4-7-23)19-28(20-27)31-15-14-30(25-8-5-9-29(34)21-25)32-33(31)36-17-16-35-32/h2-21H,1H3. The Kier molecular flexibility index (Phi) is 5.92. The van der Waals surface area contributed by atoms with Gasteiger partial charge >= 0.3 is 0 Å². The zero-order chi connectivity index (χ0) is 24.5. The van der Waals surface area contributed by atoms with Gasteiger partial charge in [-0.2, -0.15) is 0 Å². The minimum Gasteiger partial charge on any atom is -0.252 e. The molecule has 0 aliphatic rings. The molecule has 0 radical (unpaired) electrons. The average Bonchev–Trinajstić information content (AvgIpc) is 2.93. The van der Waals surface area contributed by atoms with Crippen molar-refractivity contribution >= 4 is 27.0 Å². The fourth-order valence-corrected chi connectivity index (χ4v) is 5.07. The third-order valence-electron chi connectivity index (χ3n) is 6.50. The maximum Gasteiger partial charge on any atom is 0.0971 e. The fourth-order valence-electron chi connectivity index (χ4n) is 4.67. The van der Waals surface area contributed by atoms with Crippen LogP contribution in [0.5, 0.6) is 0 Å². The topological polar surface area (TPSA) is 25.8 Å². The van der Waals surface area contributed by atoms with Crippen LogP contribution in [0.3, 0.4) is 0 Å². The number of hydrogen-bond acceptors (Lipinski definition) is 2. The summed E-state index contributed by atoms with van der Waals surface area (Å²) in [6, 6.07) is 38.7. The minimum atomic E-state index is 0.898. The van der Waals surface area contributed by atoms with E-state index in [1.807, 2.05) is 12.1 Å². The van der Waals surface area contributed by atoms with Gasteiger partial charge in [0.1, 0.15) is 0 Å². The molecule has 6 aromatic rings. The third-order valence-corrected chi connectivity index (χ3v) is 6.99. The Balaban J connectivity index is 1.58. The van der Waals surface area contributed by atoms with E-state index in [-0.39, 0.29) is 0 Å². The zero-order valence-electron chi connectivity index (χ0n) is 19.8. The molecule has 0 aliphatic heterocycles. The van der Waals surface area contributed by atoms with Crippen LogP contribution in [0, 0.1) is 6.92 Å². The Morgan fingerprint density at radius 3 is 1.67 bits per heavy atom. The molecule has 1 aromatic heterocycles. The molecule has 6 rings (SSSR count). The SMILES string of the molecule is Cc1ccc(-c2cc(-c3ccccc3)cc(-c3ccc(-c4cccc(Br)c4)c4nccnc34)c2)cc1. The first-order valence-corrected chi connectivity index (χ1v) is 12.7. The van der Waals surface area contributed by atoms with Crippen molar-refractivity contribution in [1.82, 2.24) is 9.97 Å². The molecule has 172 valence electrons. The van der Waals surface area contributed by atoms with Crippen molar-refractivity contribution < 1.29 is 0 Å². The van der Waals surface area contributed by atoms with E-state index in [9.17, 15) is 0 Å². The third kappa shape index (κ3) is 4.34. The predicted molar refractivity (Wildman–Crippen MR) is 154 cm³/mol. The van der Waals surface area contributed by atoms with E-state index >= 15 is 0 Å². The largest absolute Gasteiger partial charge is 0.252 e. The van der Waals surface area contributed by atoms with Crippen molar-refractivity contribution in [3.8, 4) is 44.5 Å². The Labute approximate surface area is 219 Å². The highest BCUT2D eigenvalue weighted by atomic mass is 79.9. The molecule has 5 aromatic carbocycles. The monoisotopic (exact) mass is 526 g/mol. The number of aryl methyl sites for hydroxylation is 1. The van der Waals surface area contributed by atoms with Gasteiger partial charge in [0, 0.05) is 28.0 Å². The minimum absolute atomic E-state index is 0.898. The summed E-state index contributed by atoms with van der Waals surface area (Å²) in [5, 5.41) is 0. The lowest BCUT2D eigenvalue weighted by Gasteiger charge is -2.14. The van der Waals surface area contributed by atoms with Crippen molar-refractivity contribution in [2.24, 2.45) is 0 Å². The molecule has 1 heterocycles. The quantitative estimate of drug-likeness (QED) is 0.228. The summed E-state index contributed by atoms with van der Waals surface area (Å²) in [6.45, 7) is 2.12. The van der Waals surface area contributed by atoms with Gasteiger partial charge in [0.05, 0.1) is 11.0 Å². The molecule has 0 bridgehead atoms. The number of hydrogen-bond donors (Lipinski definition) is 0. The van der Waals surface area contributed by atoms with Crippen LogP contribution in [0.1, 0.15) is 5.56 Å². The number of fused-ring (bicyclic) bond motifs is 1. The van der Waals surface area contributed by atoms with Crippen molar-refractivity contribution in [3.05, 3.63) is 132 Å². The Morgan fingerprint density at radius 1 is 0.472 bits per heavy atom. The fraction of sp³-hybridized carbons (Fsp3) is 0.0303. The van der Waals surface area contributed by atoms with Gasteiger partial charge in [-0.1, -0.05) is 100 Å². The first-order chi connectivity index (χ1) is 17.7. The predicted octanol–water partition coefficient (Wildman–Crippen LogP) is 9.37. The lowest BCUT2D eigenvalue weighted by atomic mass is 9.91. The number of rotatable bonds is 4. The van der Waals surface area contributed by atoms with Crippen LogP contribution in [0.15, 0.2) is 126 Å². The molecule has 0 spiro atoms. The van der Waals surface area contributed by atoms with E-state index in [2.05, 4.69) is 120 Å². The Hall–Kier alpha value is -4.08. The lowest BCUT2D eigenvalue weighted by molar-refractivity contribution is 1.29. The van der Waals surface area contributed by atoms with Gasteiger partial charge in [-0.25, -0.2) is 0 Å². The van der Waals surface area contributed by atoms with Crippen LogP contribution < -0.4 is 0 Å². The van der Waals surface area contributed by atoms with E-state index < -0.39 is 0 Å². The highest BCUT2D eigenvalue weighted by Gasteiger charge is 2.14. The summed E-state index contributed by atoms with van der Waals surface area (Å²) in [4.78, 5) is 9.57. The van der Waals surface area contributed by atoms with Crippen molar-refractivity contribution in [1.29, 1.82) is 0 Å². The highest BCUT2D eigenvalue weighted by molar-refractivity contribution is 9.10. The van der Waals surface area contributed by atoms with Crippen LogP contribution in [-0.2, 0) is 0 Å². The maximum absolute atomic E-state index is 4.81. The van der Waals surface area contributed by atoms with Gasteiger partial charge in [0.25, 0.3) is 0 Å². The molecule has 3 heteroatoms. The van der Waals surface area contributed by atoms with Crippen molar-refractivity contribution in [3.63, 3.8) is 0 Å². The molecule has 0 amide bonds. The van der Waals surface area contributed by atoms with E-state index in [0.29, 0.717) is 0 Å². The van der Waals surface area contributed by atoms with E-state index in [1.54, 1.807) is 12.4 Å². The summed E-state index contributed by atoms with van der Waals surface area (Å²) >= 11 is 3.60. The molecule has 0 unspecified atom stereocenters. The molecule has 0 aliphatic carbocycles. The highest BCUT2D eigenvalue weighted by Crippen LogP contribution is 2.38. The van der Waals surface area contributed by atoms with Gasteiger partial charge in [0.15, 0.2) is 0 Å². The molecule has 0 saturated heterocycles. The summed E-state index contributed by atoms with van der Waals surface area (Å²) in [5.41, 5.74) is 12.2. The summed E-state index contributed by atoms with van der Waals surface area (Å²) < 4.78 is 1.04. The average molecular weight is 527 g/mol. The normalized spacial score (nSPS) is 11.1. The number of nitrogens with zero attached hydrogens (tertiary/aromatic N) is 2. The van der Waals surface area contributed by atoms with Crippen LogP contribution in [0.25, 0.3) is 55.5 Å². The van der Waals surface area contributed by atoms with Crippen LogP contribution in [0.4, 0.5) is 0 Å². The molecule has 2 nitrogen and oxygen atoms in total. The summed E-state index contributed by atoms with van der Waals surface area (Å²) in [6.07, 6.45) is 3.55. The van der Waals surface area contributed by atoms with Gasteiger partial charge in [-0.15, -0.1) is 0 Å². The first kappa shape index (κ1) is 22.4. The molecule has 0 N–H and O–H groups in total. The van der Waals surface area contributed by atoms with Gasteiger partial charge in [-0.05, 0) is 70.6 Å². The Morgan fingerprint density at radius 2 is 1.03 bits per heavy atom. The Bertz CT molecular complexity index is 1690. The second-order valence-electron chi connectivity index (χ2n) is 8.96. The molecular weight excluding hydrogens is 504 g/mol.